The van der Waals surface area contributed by atoms with E-state index in [1.807, 2.05) is 0 Å². The highest BCUT2D eigenvalue weighted by Crippen LogP contribution is 2.23. The number of hydrogen-bond donors (Lipinski definition) is 1. The van der Waals surface area contributed by atoms with Crippen LogP contribution < -0.4 is 4.90 Å². The van der Waals surface area contributed by atoms with Crippen molar-refractivity contribution in [2.24, 2.45) is 5.92 Å². The Bertz CT molecular complexity index is 326. The van der Waals surface area contributed by atoms with Gasteiger partial charge in [0.15, 0.2) is 0 Å². The molecule has 88 valence electrons. The number of aliphatic hydroxyl groups excluding tert-OH is 1. The summed E-state index contributed by atoms with van der Waals surface area (Å²) in [5, 5.41) is 8.93. The molecule has 0 spiro atoms. The van der Waals surface area contributed by atoms with Crippen LogP contribution in [-0.4, -0.2) is 29.8 Å². The molecule has 0 amide bonds. The molecule has 4 heteroatoms. The van der Waals surface area contributed by atoms with Gasteiger partial charge in [-0.2, -0.15) is 0 Å². The van der Waals surface area contributed by atoms with E-state index < -0.39 is 0 Å². The predicted octanol–water partition coefficient (Wildman–Crippen LogP) is 1.82. The van der Waals surface area contributed by atoms with E-state index in [1.54, 1.807) is 6.07 Å². The Labute approximate surface area is 94.9 Å². The van der Waals surface area contributed by atoms with Crippen LogP contribution >= 0.6 is 0 Å². The zero-order chi connectivity index (χ0) is 11.4. The standard InChI is InChI=1S/C12H17FN2O/c13-11-3-4-12(14-8-11)15-6-1-2-10(9-15)5-7-16/h3-4,8,10,16H,1-2,5-7,9H2. The molecule has 1 aliphatic rings. The second-order valence-corrected chi connectivity index (χ2v) is 4.30. The van der Waals surface area contributed by atoms with E-state index in [1.165, 1.54) is 12.3 Å². The summed E-state index contributed by atoms with van der Waals surface area (Å²) in [6, 6.07) is 3.16. The molecular formula is C12H17FN2O. The maximum absolute atomic E-state index is 12.7. The molecule has 2 rings (SSSR count). The fourth-order valence-electron chi connectivity index (χ4n) is 2.25. The van der Waals surface area contributed by atoms with Gasteiger partial charge in [-0.1, -0.05) is 0 Å². The summed E-state index contributed by atoms with van der Waals surface area (Å²) >= 11 is 0. The minimum atomic E-state index is -0.298. The summed E-state index contributed by atoms with van der Waals surface area (Å²) in [6.07, 6.45) is 4.38. The molecular weight excluding hydrogens is 207 g/mol. The Morgan fingerprint density at radius 2 is 2.38 bits per heavy atom. The first-order chi connectivity index (χ1) is 7.79. The minimum Gasteiger partial charge on any atom is -0.396 e. The lowest BCUT2D eigenvalue weighted by Gasteiger charge is -2.33. The van der Waals surface area contributed by atoms with Crippen LogP contribution in [0.1, 0.15) is 19.3 Å². The Morgan fingerprint density at radius 1 is 1.50 bits per heavy atom. The zero-order valence-electron chi connectivity index (χ0n) is 9.27. The molecule has 1 atom stereocenters. The maximum Gasteiger partial charge on any atom is 0.141 e. The Morgan fingerprint density at radius 3 is 3.06 bits per heavy atom. The van der Waals surface area contributed by atoms with E-state index in [0.29, 0.717) is 5.92 Å². The molecule has 0 aliphatic carbocycles. The van der Waals surface area contributed by atoms with Crippen LogP contribution in [-0.2, 0) is 0 Å². The summed E-state index contributed by atoms with van der Waals surface area (Å²) in [5.74, 6) is 1.07. The van der Waals surface area contributed by atoms with Crippen LogP contribution in [0.15, 0.2) is 18.3 Å². The lowest BCUT2D eigenvalue weighted by atomic mass is 9.95. The summed E-state index contributed by atoms with van der Waals surface area (Å²) in [4.78, 5) is 6.25. The summed E-state index contributed by atoms with van der Waals surface area (Å²) in [6.45, 7) is 2.13. The van der Waals surface area contributed by atoms with Gasteiger partial charge in [0.05, 0.1) is 6.20 Å². The van der Waals surface area contributed by atoms with Crippen molar-refractivity contribution in [3.8, 4) is 0 Å². The first-order valence-corrected chi connectivity index (χ1v) is 5.77. The Balaban J connectivity index is 2.01. The highest BCUT2D eigenvalue weighted by molar-refractivity contribution is 5.38. The molecule has 3 nitrogen and oxygen atoms in total. The third-order valence-electron chi connectivity index (χ3n) is 3.09. The number of rotatable bonds is 3. The lowest BCUT2D eigenvalue weighted by molar-refractivity contribution is 0.244. The zero-order valence-corrected chi connectivity index (χ0v) is 9.27. The van der Waals surface area contributed by atoms with E-state index >= 15 is 0 Å². The summed E-state index contributed by atoms with van der Waals surface area (Å²) in [5.41, 5.74) is 0. The van der Waals surface area contributed by atoms with E-state index in [-0.39, 0.29) is 12.4 Å². The van der Waals surface area contributed by atoms with Crippen molar-refractivity contribution in [3.05, 3.63) is 24.1 Å². The monoisotopic (exact) mass is 224 g/mol. The van der Waals surface area contributed by atoms with Gasteiger partial charge in [-0.15, -0.1) is 0 Å². The van der Waals surface area contributed by atoms with Gasteiger partial charge in [0, 0.05) is 19.7 Å². The van der Waals surface area contributed by atoms with Gasteiger partial charge in [-0.3, -0.25) is 0 Å². The van der Waals surface area contributed by atoms with Gasteiger partial charge in [0.2, 0.25) is 0 Å². The highest BCUT2D eigenvalue weighted by atomic mass is 19.1. The van der Waals surface area contributed by atoms with E-state index in [4.69, 9.17) is 5.11 Å². The van der Waals surface area contributed by atoms with Crippen LogP contribution in [0.5, 0.6) is 0 Å². The molecule has 1 N–H and O–H groups in total. The molecule has 1 fully saturated rings. The van der Waals surface area contributed by atoms with Gasteiger partial charge in [0.25, 0.3) is 0 Å². The summed E-state index contributed by atoms with van der Waals surface area (Å²) < 4.78 is 12.7. The third-order valence-corrected chi connectivity index (χ3v) is 3.09. The van der Waals surface area contributed by atoms with Crippen LogP contribution in [0.3, 0.4) is 0 Å². The van der Waals surface area contributed by atoms with Crippen LogP contribution in [0.4, 0.5) is 10.2 Å². The fourth-order valence-corrected chi connectivity index (χ4v) is 2.25. The first-order valence-electron chi connectivity index (χ1n) is 5.77. The van der Waals surface area contributed by atoms with Gasteiger partial charge in [0.1, 0.15) is 11.6 Å². The second-order valence-electron chi connectivity index (χ2n) is 4.30. The van der Waals surface area contributed by atoms with E-state index in [2.05, 4.69) is 9.88 Å². The molecule has 1 aromatic rings. The molecule has 0 aromatic carbocycles. The number of aromatic nitrogens is 1. The molecule has 0 bridgehead atoms. The van der Waals surface area contributed by atoms with Crippen LogP contribution in [0.25, 0.3) is 0 Å². The predicted molar refractivity (Wildman–Crippen MR) is 60.8 cm³/mol. The second kappa shape index (κ2) is 5.25. The van der Waals surface area contributed by atoms with Gasteiger partial charge < -0.3 is 10.0 Å². The van der Waals surface area contributed by atoms with Gasteiger partial charge in [-0.25, -0.2) is 9.37 Å². The average molecular weight is 224 g/mol. The Hall–Kier alpha value is -1.16. The largest absolute Gasteiger partial charge is 0.396 e. The van der Waals surface area contributed by atoms with Crippen LogP contribution in [0.2, 0.25) is 0 Å². The van der Waals surface area contributed by atoms with Crippen LogP contribution in [0, 0.1) is 11.7 Å². The SMILES string of the molecule is OCCC1CCCN(c2ccc(F)cn2)C1. The van der Waals surface area contributed by atoms with E-state index in [9.17, 15) is 4.39 Å². The molecule has 0 radical (unpaired) electrons. The molecule has 1 unspecified atom stereocenters. The lowest BCUT2D eigenvalue weighted by Crippen LogP contribution is -2.36. The number of piperidine rings is 1. The number of pyridine rings is 1. The molecule has 1 saturated heterocycles. The number of nitrogens with zero attached hydrogens (tertiary/aromatic N) is 2. The van der Waals surface area contributed by atoms with Crippen molar-refractivity contribution in [1.29, 1.82) is 0 Å². The fraction of sp³-hybridized carbons (Fsp3) is 0.583. The number of anilines is 1. The number of halogens is 1. The molecule has 16 heavy (non-hydrogen) atoms. The van der Waals surface area contributed by atoms with Crippen molar-refractivity contribution < 1.29 is 9.50 Å². The molecule has 0 saturated carbocycles. The normalized spacial score (nSPS) is 21.1. The first kappa shape index (κ1) is 11.3. The summed E-state index contributed by atoms with van der Waals surface area (Å²) in [7, 11) is 0. The van der Waals surface area contributed by atoms with Gasteiger partial charge >= 0.3 is 0 Å². The number of aliphatic hydroxyl groups is 1. The van der Waals surface area contributed by atoms with Crippen molar-refractivity contribution in [1.82, 2.24) is 4.98 Å². The van der Waals surface area contributed by atoms with E-state index in [0.717, 1.165) is 38.2 Å². The third kappa shape index (κ3) is 2.70. The molecule has 2 heterocycles. The Kier molecular flexibility index (Phi) is 3.72. The minimum absolute atomic E-state index is 0.245. The number of hydrogen-bond acceptors (Lipinski definition) is 3. The highest BCUT2D eigenvalue weighted by Gasteiger charge is 2.20. The van der Waals surface area contributed by atoms with Crippen molar-refractivity contribution in [2.75, 3.05) is 24.6 Å². The topological polar surface area (TPSA) is 36.4 Å². The smallest absolute Gasteiger partial charge is 0.141 e. The molecule has 1 aliphatic heterocycles. The average Bonchev–Trinajstić information content (AvgIpc) is 2.31. The van der Waals surface area contributed by atoms with Crippen molar-refractivity contribution in [3.63, 3.8) is 0 Å². The van der Waals surface area contributed by atoms with Crippen molar-refractivity contribution in [2.45, 2.75) is 19.3 Å². The van der Waals surface area contributed by atoms with Crippen molar-refractivity contribution >= 4 is 5.82 Å². The van der Waals surface area contributed by atoms with Gasteiger partial charge in [-0.05, 0) is 37.3 Å². The quantitative estimate of drug-likeness (QED) is 0.850. The molecule has 1 aromatic heterocycles. The maximum atomic E-state index is 12.7.